The van der Waals surface area contributed by atoms with E-state index in [1.807, 2.05) is 18.2 Å². The average Bonchev–Trinajstić information content (AvgIpc) is 2.57. The van der Waals surface area contributed by atoms with E-state index in [-0.39, 0.29) is 5.91 Å². The molecule has 1 amide bonds. The fourth-order valence-corrected chi connectivity index (χ4v) is 2.64. The number of piperazine rings is 1. The Labute approximate surface area is 140 Å². The molecular formula is C16H18ClN5O. The minimum atomic E-state index is -0.0175. The summed E-state index contributed by atoms with van der Waals surface area (Å²) in [7, 11) is 0. The van der Waals surface area contributed by atoms with Gasteiger partial charge in [-0.3, -0.25) is 14.7 Å². The van der Waals surface area contributed by atoms with Gasteiger partial charge in [-0.15, -0.1) is 0 Å². The van der Waals surface area contributed by atoms with Crippen LogP contribution in [-0.4, -0.2) is 53.5 Å². The molecule has 0 atom stereocenters. The highest BCUT2D eigenvalue weighted by atomic mass is 35.5. The summed E-state index contributed by atoms with van der Waals surface area (Å²) in [5.41, 5.74) is 0.724. The van der Waals surface area contributed by atoms with Gasteiger partial charge in [-0.2, -0.15) is 0 Å². The van der Waals surface area contributed by atoms with Crippen LogP contribution in [0.3, 0.4) is 0 Å². The van der Waals surface area contributed by atoms with Gasteiger partial charge in [0.05, 0.1) is 23.5 Å². The molecule has 0 unspecified atom stereocenters. The Balaban J connectivity index is 1.47. The van der Waals surface area contributed by atoms with Crippen LogP contribution >= 0.6 is 11.6 Å². The van der Waals surface area contributed by atoms with Gasteiger partial charge >= 0.3 is 0 Å². The third-order valence-electron chi connectivity index (χ3n) is 3.72. The quantitative estimate of drug-likeness (QED) is 0.927. The van der Waals surface area contributed by atoms with Gasteiger partial charge in [-0.25, -0.2) is 4.98 Å². The van der Waals surface area contributed by atoms with E-state index < -0.39 is 0 Å². The van der Waals surface area contributed by atoms with Crippen molar-refractivity contribution in [3.63, 3.8) is 0 Å². The highest BCUT2D eigenvalue weighted by Crippen LogP contribution is 2.16. The lowest BCUT2D eigenvalue weighted by Gasteiger charge is -2.34. The molecule has 0 spiro atoms. The predicted molar refractivity (Wildman–Crippen MR) is 90.8 cm³/mol. The number of halogens is 1. The summed E-state index contributed by atoms with van der Waals surface area (Å²) in [5.74, 6) is 0.907. The zero-order valence-electron chi connectivity index (χ0n) is 12.7. The summed E-state index contributed by atoms with van der Waals surface area (Å²) >= 11 is 5.86. The normalized spacial score (nSPS) is 15.4. The molecule has 23 heavy (non-hydrogen) atoms. The van der Waals surface area contributed by atoms with Crippen LogP contribution in [0.5, 0.6) is 0 Å². The maximum Gasteiger partial charge on any atom is 0.238 e. The fraction of sp³-hybridized carbons (Fsp3) is 0.312. The number of hydrogen-bond donors (Lipinski definition) is 1. The van der Waals surface area contributed by atoms with E-state index in [9.17, 15) is 4.79 Å². The molecule has 1 N–H and O–H groups in total. The summed E-state index contributed by atoms with van der Waals surface area (Å²) in [6.45, 7) is 3.72. The number of hydrogen-bond acceptors (Lipinski definition) is 5. The molecule has 0 aromatic carbocycles. The Morgan fingerprint density at radius 2 is 2.00 bits per heavy atom. The van der Waals surface area contributed by atoms with Crippen LogP contribution in [0.2, 0.25) is 5.02 Å². The largest absolute Gasteiger partial charge is 0.354 e. The van der Waals surface area contributed by atoms with Crippen molar-refractivity contribution in [2.45, 2.75) is 0 Å². The second kappa shape index (κ2) is 7.39. The van der Waals surface area contributed by atoms with Gasteiger partial charge in [0.2, 0.25) is 5.91 Å². The summed E-state index contributed by atoms with van der Waals surface area (Å²) in [5, 5.41) is 3.49. The first-order valence-corrected chi connectivity index (χ1v) is 7.87. The summed E-state index contributed by atoms with van der Waals surface area (Å²) in [4.78, 5) is 24.7. The van der Waals surface area contributed by atoms with Gasteiger partial charge in [0.25, 0.3) is 0 Å². The van der Waals surface area contributed by atoms with Crippen molar-refractivity contribution in [2.75, 3.05) is 42.9 Å². The highest BCUT2D eigenvalue weighted by Gasteiger charge is 2.19. The minimum Gasteiger partial charge on any atom is -0.354 e. The van der Waals surface area contributed by atoms with E-state index in [2.05, 4.69) is 25.1 Å². The molecule has 0 aliphatic carbocycles. The third kappa shape index (κ3) is 4.40. The number of pyridine rings is 2. The van der Waals surface area contributed by atoms with Gasteiger partial charge in [-0.05, 0) is 24.3 Å². The number of amides is 1. The maximum atomic E-state index is 12.0. The molecule has 6 nitrogen and oxygen atoms in total. The molecule has 7 heteroatoms. The van der Waals surface area contributed by atoms with Gasteiger partial charge in [0, 0.05) is 38.6 Å². The van der Waals surface area contributed by atoms with Crippen molar-refractivity contribution >= 4 is 29.0 Å². The standard InChI is InChI=1S/C16H18ClN5O/c17-13-3-4-15(19-10-13)22-8-6-21(7-9-22)12-16(23)20-14-2-1-5-18-11-14/h1-5,10-11H,6-9,12H2,(H,20,23). The van der Waals surface area contributed by atoms with Crippen molar-refractivity contribution in [2.24, 2.45) is 0 Å². The number of carbonyl (C=O) groups excluding carboxylic acids is 1. The second-order valence-corrected chi connectivity index (χ2v) is 5.82. The Morgan fingerprint density at radius 3 is 2.65 bits per heavy atom. The van der Waals surface area contributed by atoms with Crippen molar-refractivity contribution < 1.29 is 4.79 Å². The summed E-state index contributed by atoms with van der Waals surface area (Å²) < 4.78 is 0. The molecule has 3 heterocycles. The Kier molecular flexibility index (Phi) is 5.05. The van der Waals surface area contributed by atoms with E-state index in [1.54, 1.807) is 24.7 Å². The SMILES string of the molecule is O=C(CN1CCN(c2ccc(Cl)cn2)CC1)Nc1cccnc1. The lowest BCUT2D eigenvalue weighted by Crippen LogP contribution is -2.48. The number of anilines is 2. The van der Waals surface area contributed by atoms with Crippen molar-refractivity contribution in [3.8, 4) is 0 Å². The molecule has 0 saturated carbocycles. The number of nitrogens with one attached hydrogen (secondary N) is 1. The monoisotopic (exact) mass is 331 g/mol. The topological polar surface area (TPSA) is 61.4 Å². The van der Waals surface area contributed by atoms with Crippen LogP contribution in [0.15, 0.2) is 42.9 Å². The van der Waals surface area contributed by atoms with Crippen LogP contribution in [0, 0.1) is 0 Å². The van der Waals surface area contributed by atoms with E-state index in [1.165, 1.54) is 0 Å². The predicted octanol–water partition coefficient (Wildman–Crippen LogP) is 1.89. The first-order chi connectivity index (χ1) is 11.2. The minimum absolute atomic E-state index is 0.0175. The Bertz CT molecular complexity index is 641. The molecule has 2 aromatic heterocycles. The number of nitrogens with zero attached hydrogens (tertiary/aromatic N) is 4. The smallest absolute Gasteiger partial charge is 0.238 e. The van der Waals surface area contributed by atoms with Crippen molar-refractivity contribution in [1.82, 2.24) is 14.9 Å². The first-order valence-electron chi connectivity index (χ1n) is 7.49. The van der Waals surface area contributed by atoms with E-state index in [4.69, 9.17) is 11.6 Å². The second-order valence-electron chi connectivity index (χ2n) is 5.39. The molecule has 1 aliphatic rings. The van der Waals surface area contributed by atoms with Crippen LogP contribution in [0.25, 0.3) is 0 Å². The zero-order chi connectivity index (χ0) is 16.1. The van der Waals surface area contributed by atoms with Gasteiger partial charge < -0.3 is 10.2 Å². The lowest BCUT2D eigenvalue weighted by atomic mass is 10.3. The van der Waals surface area contributed by atoms with Gasteiger partial charge in [-0.1, -0.05) is 11.6 Å². The highest BCUT2D eigenvalue weighted by molar-refractivity contribution is 6.30. The molecule has 0 radical (unpaired) electrons. The molecule has 120 valence electrons. The van der Waals surface area contributed by atoms with E-state index in [0.717, 1.165) is 37.7 Å². The Hall–Kier alpha value is -2.18. The number of carbonyl (C=O) groups is 1. The van der Waals surface area contributed by atoms with Crippen LogP contribution in [0.1, 0.15) is 0 Å². The van der Waals surface area contributed by atoms with Crippen LogP contribution in [0.4, 0.5) is 11.5 Å². The Morgan fingerprint density at radius 1 is 1.17 bits per heavy atom. The van der Waals surface area contributed by atoms with E-state index in [0.29, 0.717) is 11.6 Å². The molecule has 0 bridgehead atoms. The number of aromatic nitrogens is 2. The molecule has 1 aliphatic heterocycles. The van der Waals surface area contributed by atoms with Gasteiger partial charge in [0.15, 0.2) is 0 Å². The molecule has 1 fully saturated rings. The maximum absolute atomic E-state index is 12.0. The van der Waals surface area contributed by atoms with Crippen LogP contribution in [-0.2, 0) is 4.79 Å². The van der Waals surface area contributed by atoms with Gasteiger partial charge in [0.1, 0.15) is 5.82 Å². The van der Waals surface area contributed by atoms with E-state index >= 15 is 0 Å². The van der Waals surface area contributed by atoms with Crippen molar-refractivity contribution in [1.29, 1.82) is 0 Å². The number of rotatable bonds is 4. The molecular weight excluding hydrogens is 314 g/mol. The third-order valence-corrected chi connectivity index (χ3v) is 3.94. The molecule has 3 rings (SSSR count). The van der Waals surface area contributed by atoms with Crippen molar-refractivity contribution in [3.05, 3.63) is 47.9 Å². The average molecular weight is 332 g/mol. The molecule has 2 aromatic rings. The summed E-state index contributed by atoms with van der Waals surface area (Å²) in [6.07, 6.45) is 4.98. The molecule has 1 saturated heterocycles. The summed E-state index contributed by atoms with van der Waals surface area (Å²) in [6, 6.07) is 7.40. The van der Waals surface area contributed by atoms with Crippen LogP contribution < -0.4 is 10.2 Å². The zero-order valence-corrected chi connectivity index (χ0v) is 13.4. The fourth-order valence-electron chi connectivity index (χ4n) is 2.53. The first kappa shape index (κ1) is 15.7. The lowest BCUT2D eigenvalue weighted by molar-refractivity contribution is -0.117.